The number of nitrogens with one attached hydrogen (secondary N) is 2. The molecule has 0 heterocycles. The number of hydrogen-bond acceptors (Lipinski definition) is 5. The van der Waals surface area contributed by atoms with Gasteiger partial charge in [-0.05, 0) is 35.4 Å². The van der Waals surface area contributed by atoms with Gasteiger partial charge >= 0.3 is 5.97 Å². The highest BCUT2D eigenvalue weighted by atomic mass is 16.5. The smallest absolute Gasteiger partial charge is 0.328 e. The summed E-state index contributed by atoms with van der Waals surface area (Å²) in [5.41, 5.74) is 14.0. The summed E-state index contributed by atoms with van der Waals surface area (Å²) in [7, 11) is 1.24. The standard InChI is InChI=1S/C29H29N5O4/c1-38-28(37)24(18-22-16-14-21(15-17-22)13-12-20-8-4-2-5-9-20)33-25(35)19-32-27(36)26(34-29(30)31)23-10-6-3-7-11-23/h2-11,14-17,24,26H,18-19H2,1H3,(H,32,36)(H,33,35)(H4,30,31,34)/t24-,26+/m0/s1. The first-order valence-corrected chi connectivity index (χ1v) is 11.8. The van der Waals surface area contributed by atoms with E-state index in [4.69, 9.17) is 16.2 Å². The maximum atomic E-state index is 12.7. The number of amides is 2. The van der Waals surface area contributed by atoms with E-state index in [-0.39, 0.29) is 18.9 Å². The summed E-state index contributed by atoms with van der Waals surface area (Å²) in [5.74, 6) is 4.16. The van der Waals surface area contributed by atoms with Crippen LogP contribution in [0.2, 0.25) is 0 Å². The van der Waals surface area contributed by atoms with Gasteiger partial charge in [0.15, 0.2) is 12.0 Å². The number of nitrogens with zero attached hydrogens (tertiary/aromatic N) is 1. The fourth-order valence-corrected chi connectivity index (χ4v) is 3.54. The van der Waals surface area contributed by atoms with Crippen LogP contribution >= 0.6 is 0 Å². The Morgan fingerprint density at radius 2 is 1.45 bits per heavy atom. The molecule has 0 saturated heterocycles. The number of nitrogens with two attached hydrogens (primary N) is 2. The molecule has 6 N–H and O–H groups in total. The van der Waals surface area contributed by atoms with Crippen LogP contribution < -0.4 is 22.1 Å². The molecule has 3 aromatic carbocycles. The lowest BCUT2D eigenvalue weighted by molar-refractivity contribution is -0.145. The van der Waals surface area contributed by atoms with Crippen molar-refractivity contribution in [3.63, 3.8) is 0 Å². The minimum absolute atomic E-state index is 0.194. The van der Waals surface area contributed by atoms with Crippen LogP contribution in [0.3, 0.4) is 0 Å². The highest BCUT2D eigenvalue weighted by Gasteiger charge is 2.24. The van der Waals surface area contributed by atoms with Crippen molar-refractivity contribution in [1.82, 2.24) is 10.6 Å². The molecular weight excluding hydrogens is 482 g/mol. The van der Waals surface area contributed by atoms with E-state index in [2.05, 4.69) is 27.5 Å². The van der Waals surface area contributed by atoms with Crippen LogP contribution in [0.4, 0.5) is 0 Å². The monoisotopic (exact) mass is 511 g/mol. The second kappa shape index (κ2) is 13.8. The van der Waals surface area contributed by atoms with Gasteiger partial charge in [-0.3, -0.25) is 9.59 Å². The van der Waals surface area contributed by atoms with Gasteiger partial charge in [0.05, 0.1) is 13.7 Å². The van der Waals surface area contributed by atoms with Crippen molar-refractivity contribution in [2.45, 2.75) is 18.5 Å². The predicted molar refractivity (Wildman–Crippen MR) is 145 cm³/mol. The number of aliphatic imine (C=N–C) groups is 1. The van der Waals surface area contributed by atoms with Crippen molar-refractivity contribution in [2.75, 3.05) is 13.7 Å². The maximum Gasteiger partial charge on any atom is 0.328 e. The Bertz CT molecular complexity index is 1330. The minimum Gasteiger partial charge on any atom is -0.467 e. The van der Waals surface area contributed by atoms with Crippen LogP contribution in [0.5, 0.6) is 0 Å². The third-order valence-corrected chi connectivity index (χ3v) is 5.40. The Balaban J connectivity index is 1.60. The summed E-state index contributed by atoms with van der Waals surface area (Å²) in [6.07, 6.45) is 0.194. The lowest BCUT2D eigenvalue weighted by Gasteiger charge is -2.18. The minimum atomic E-state index is -1.02. The lowest BCUT2D eigenvalue weighted by atomic mass is 10.0. The summed E-state index contributed by atoms with van der Waals surface area (Å²) in [6.45, 7) is -0.385. The molecule has 0 bridgehead atoms. The summed E-state index contributed by atoms with van der Waals surface area (Å²) < 4.78 is 4.85. The van der Waals surface area contributed by atoms with Gasteiger partial charge < -0.3 is 26.8 Å². The molecule has 2 amide bonds. The van der Waals surface area contributed by atoms with Gasteiger partial charge in [0.1, 0.15) is 6.04 Å². The fourth-order valence-electron chi connectivity index (χ4n) is 3.54. The number of hydrogen-bond donors (Lipinski definition) is 4. The zero-order chi connectivity index (χ0) is 27.3. The average Bonchev–Trinajstić information content (AvgIpc) is 2.94. The maximum absolute atomic E-state index is 12.7. The fraction of sp³-hybridized carbons (Fsp3) is 0.172. The van der Waals surface area contributed by atoms with Crippen LogP contribution in [-0.4, -0.2) is 43.4 Å². The van der Waals surface area contributed by atoms with Crippen LogP contribution in [0.1, 0.15) is 28.3 Å². The molecule has 9 heteroatoms. The SMILES string of the molecule is COC(=O)[C@H](Cc1ccc(C#Cc2ccccc2)cc1)NC(=O)CNC(=O)[C@H](N=C(N)N)c1ccccc1. The molecule has 0 saturated carbocycles. The number of esters is 1. The van der Waals surface area contributed by atoms with Crippen molar-refractivity contribution in [1.29, 1.82) is 0 Å². The molecule has 0 aliphatic rings. The van der Waals surface area contributed by atoms with Crippen LogP contribution in [-0.2, 0) is 25.5 Å². The highest BCUT2D eigenvalue weighted by Crippen LogP contribution is 2.17. The van der Waals surface area contributed by atoms with E-state index in [9.17, 15) is 14.4 Å². The summed E-state index contributed by atoms with van der Waals surface area (Å²) in [5, 5.41) is 5.12. The number of methoxy groups -OCH3 is 1. The Labute approximate surface area is 221 Å². The molecule has 0 unspecified atom stereocenters. The normalized spacial score (nSPS) is 11.6. The van der Waals surface area contributed by atoms with Gasteiger partial charge in [-0.2, -0.15) is 0 Å². The van der Waals surface area contributed by atoms with Gasteiger partial charge in [-0.1, -0.05) is 72.5 Å². The summed E-state index contributed by atoms with van der Waals surface area (Å²) >= 11 is 0. The van der Waals surface area contributed by atoms with E-state index < -0.39 is 29.9 Å². The molecule has 194 valence electrons. The summed E-state index contributed by atoms with van der Waals surface area (Å²) in [6, 6.07) is 23.7. The first kappa shape index (κ1) is 27.5. The molecular formula is C29H29N5O4. The van der Waals surface area contributed by atoms with Crippen LogP contribution in [0.15, 0.2) is 89.9 Å². The Morgan fingerprint density at radius 1 is 0.868 bits per heavy atom. The van der Waals surface area contributed by atoms with E-state index in [0.717, 1.165) is 16.7 Å². The second-order valence-corrected chi connectivity index (χ2v) is 8.25. The van der Waals surface area contributed by atoms with Gasteiger partial charge in [-0.15, -0.1) is 0 Å². The molecule has 0 aromatic heterocycles. The molecule has 38 heavy (non-hydrogen) atoms. The Morgan fingerprint density at radius 3 is 2.03 bits per heavy atom. The third-order valence-electron chi connectivity index (χ3n) is 5.40. The van der Waals surface area contributed by atoms with Gasteiger partial charge in [0, 0.05) is 17.5 Å². The number of ether oxygens (including phenoxy) is 1. The first-order chi connectivity index (χ1) is 18.4. The largest absolute Gasteiger partial charge is 0.467 e. The van der Waals surface area contributed by atoms with Crippen molar-refractivity contribution >= 4 is 23.7 Å². The van der Waals surface area contributed by atoms with E-state index in [1.807, 2.05) is 54.6 Å². The third kappa shape index (κ3) is 8.53. The van der Waals surface area contributed by atoms with E-state index in [0.29, 0.717) is 5.56 Å². The quantitative estimate of drug-likeness (QED) is 0.148. The predicted octanol–water partition coefficient (Wildman–Crippen LogP) is 1.42. The molecule has 0 spiro atoms. The van der Waals surface area contributed by atoms with Crippen molar-refractivity contribution in [3.8, 4) is 11.8 Å². The van der Waals surface area contributed by atoms with Crippen molar-refractivity contribution in [3.05, 3.63) is 107 Å². The van der Waals surface area contributed by atoms with Crippen molar-refractivity contribution in [2.24, 2.45) is 16.5 Å². The number of carbonyl (C=O) groups excluding carboxylic acids is 3. The average molecular weight is 512 g/mol. The molecule has 0 aliphatic heterocycles. The second-order valence-electron chi connectivity index (χ2n) is 8.25. The molecule has 3 rings (SSSR count). The van der Waals surface area contributed by atoms with E-state index in [1.165, 1.54) is 7.11 Å². The molecule has 9 nitrogen and oxygen atoms in total. The first-order valence-electron chi connectivity index (χ1n) is 11.8. The molecule has 2 atom stereocenters. The molecule has 3 aromatic rings. The van der Waals surface area contributed by atoms with Crippen molar-refractivity contribution < 1.29 is 19.1 Å². The Kier molecular flexibility index (Phi) is 10.0. The molecule has 0 fully saturated rings. The van der Waals surface area contributed by atoms with E-state index >= 15 is 0 Å². The highest BCUT2D eigenvalue weighted by molar-refractivity contribution is 5.91. The zero-order valence-corrected chi connectivity index (χ0v) is 20.9. The topological polar surface area (TPSA) is 149 Å². The number of rotatable bonds is 9. The van der Waals surface area contributed by atoms with Gasteiger partial charge in [0.2, 0.25) is 11.8 Å². The number of guanidine groups is 1. The lowest BCUT2D eigenvalue weighted by Crippen LogP contribution is -2.47. The van der Waals surface area contributed by atoms with Crippen LogP contribution in [0, 0.1) is 11.8 Å². The zero-order valence-electron chi connectivity index (χ0n) is 20.9. The number of benzene rings is 3. The Hall–Kier alpha value is -5.10. The van der Waals surface area contributed by atoms with Crippen LogP contribution in [0.25, 0.3) is 0 Å². The van der Waals surface area contributed by atoms with Gasteiger partial charge in [0.25, 0.3) is 0 Å². The molecule has 0 radical (unpaired) electrons. The van der Waals surface area contributed by atoms with Gasteiger partial charge in [-0.25, -0.2) is 9.79 Å². The summed E-state index contributed by atoms with van der Waals surface area (Å²) in [4.78, 5) is 41.6. The molecule has 0 aliphatic carbocycles. The number of carbonyl (C=O) groups is 3. The van der Waals surface area contributed by atoms with E-state index in [1.54, 1.807) is 30.3 Å².